The molecule has 0 aromatic heterocycles. The van der Waals surface area contributed by atoms with Crippen LogP contribution in [0.4, 0.5) is 0 Å². The van der Waals surface area contributed by atoms with Gasteiger partial charge in [0, 0.05) is 6.04 Å². The van der Waals surface area contributed by atoms with Crippen molar-refractivity contribution >= 4 is 5.97 Å². The van der Waals surface area contributed by atoms with E-state index in [-0.39, 0.29) is 18.4 Å². The van der Waals surface area contributed by atoms with Gasteiger partial charge in [-0.3, -0.25) is 4.79 Å². The Morgan fingerprint density at radius 2 is 2.12 bits per heavy atom. The lowest BCUT2D eigenvalue weighted by atomic mass is 9.98. The Kier molecular flexibility index (Phi) is 4.50. The molecular weight excluding hydrogens is 202 g/mol. The van der Waals surface area contributed by atoms with E-state index in [9.17, 15) is 4.79 Å². The SMILES string of the molecule is CCOC(=O)C[C@H](N)c1ccc(C)cc1C. The predicted octanol–water partition coefficient (Wildman–Crippen LogP) is 2.26. The number of nitrogens with two attached hydrogens (primary N) is 1. The molecule has 0 aliphatic carbocycles. The molecule has 1 atom stereocenters. The van der Waals surface area contributed by atoms with Crippen molar-refractivity contribution in [3.8, 4) is 0 Å². The van der Waals surface area contributed by atoms with E-state index < -0.39 is 0 Å². The number of benzene rings is 1. The highest BCUT2D eigenvalue weighted by molar-refractivity contribution is 5.70. The van der Waals surface area contributed by atoms with Gasteiger partial charge in [0.15, 0.2) is 0 Å². The minimum atomic E-state index is -0.278. The molecule has 0 spiro atoms. The maximum absolute atomic E-state index is 11.3. The number of rotatable bonds is 4. The fourth-order valence-corrected chi connectivity index (χ4v) is 1.75. The second-order valence-corrected chi connectivity index (χ2v) is 3.98. The van der Waals surface area contributed by atoms with Crippen molar-refractivity contribution in [1.82, 2.24) is 0 Å². The highest BCUT2D eigenvalue weighted by atomic mass is 16.5. The molecule has 2 N–H and O–H groups in total. The highest BCUT2D eigenvalue weighted by Gasteiger charge is 2.14. The summed E-state index contributed by atoms with van der Waals surface area (Å²) in [6.45, 7) is 6.24. The number of esters is 1. The lowest BCUT2D eigenvalue weighted by Crippen LogP contribution is -2.18. The van der Waals surface area contributed by atoms with Crippen LogP contribution >= 0.6 is 0 Å². The van der Waals surface area contributed by atoms with Gasteiger partial charge in [-0.15, -0.1) is 0 Å². The van der Waals surface area contributed by atoms with E-state index in [1.807, 2.05) is 26.0 Å². The fourth-order valence-electron chi connectivity index (χ4n) is 1.75. The molecule has 0 bridgehead atoms. The fraction of sp³-hybridized carbons (Fsp3) is 0.462. The number of aryl methyl sites for hydroxylation is 2. The van der Waals surface area contributed by atoms with Gasteiger partial charge < -0.3 is 10.5 Å². The molecule has 1 aromatic rings. The third-order valence-corrected chi connectivity index (χ3v) is 2.52. The lowest BCUT2D eigenvalue weighted by molar-refractivity contribution is -0.143. The second-order valence-electron chi connectivity index (χ2n) is 3.98. The van der Waals surface area contributed by atoms with Gasteiger partial charge >= 0.3 is 5.97 Å². The first-order chi connectivity index (χ1) is 7.54. The summed E-state index contributed by atoms with van der Waals surface area (Å²) in [6, 6.07) is 5.78. The molecule has 0 aliphatic heterocycles. The van der Waals surface area contributed by atoms with Crippen molar-refractivity contribution in [3.05, 3.63) is 34.9 Å². The Bertz CT molecular complexity index is 374. The molecule has 0 unspecified atom stereocenters. The van der Waals surface area contributed by atoms with E-state index in [4.69, 9.17) is 10.5 Å². The van der Waals surface area contributed by atoms with Gasteiger partial charge in [-0.05, 0) is 31.9 Å². The molecule has 0 heterocycles. The molecule has 0 amide bonds. The standard InChI is InChI=1S/C13H19NO2/c1-4-16-13(15)8-12(14)11-6-5-9(2)7-10(11)3/h5-7,12H,4,8,14H2,1-3H3/t12-/m0/s1. The van der Waals surface area contributed by atoms with Crippen molar-refractivity contribution < 1.29 is 9.53 Å². The first-order valence-electron chi connectivity index (χ1n) is 5.53. The third-order valence-electron chi connectivity index (χ3n) is 2.52. The minimum absolute atomic E-state index is 0.234. The smallest absolute Gasteiger partial charge is 0.307 e. The Morgan fingerprint density at radius 3 is 2.69 bits per heavy atom. The summed E-state index contributed by atoms with van der Waals surface area (Å²) < 4.78 is 4.88. The first-order valence-corrected chi connectivity index (χ1v) is 5.53. The minimum Gasteiger partial charge on any atom is -0.466 e. The van der Waals surface area contributed by atoms with Crippen LogP contribution in [0.3, 0.4) is 0 Å². The molecule has 3 nitrogen and oxygen atoms in total. The Morgan fingerprint density at radius 1 is 1.44 bits per heavy atom. The molecule has 0 saturated heterocycles. The van der Waals surface area contributed by atoms with E-state index in [2.05, 4.69) is 6.07 Å². The maximum Gasteiger partial charge on any atom is 0.307 e. The normalized spacial score (nSPS) is 12.2. The van der Waals surface area contributed by atoms with Gasteiger partial charge in [-0.25, -0.2) is 0 Å². The van der Waals surface area contributed by atoms with E-state index in [0.29, 0.717) is 6.61 Å². The van der Waals surface area contributed by atoms with Gasteiger partial charge in [0.05, 0.1) is 13.0 Å². The Balaban J connectivity index is 2.72. The summed E-state index contributed by atoms with van der Waals surface area (Å²) in [7, 11) is 0. The predicted molar refractivity (Wildman–Crippen MR) is 64.1 cm³/mol. The van der Waals surface area contributed by atoms with Crippen LogP contribution in [0.1, 0.15) is 36.1 Å². The van der Waals surface area contributed by atoms with Gasteiger partial charge in [0.2, 0.25) is 0 Å². The van der Waals surface area contributed by atoms with Gasteiger partial charge in [-0.1, -0.05) is 23.8 Å². The summed E-state index contributed by atoms with van der Waals surface area (Å²) in [5.41, 5.74) is 9.31. The summed E-state index contributed by atoms with van der Waals surface area (Å²) >= 11 is 0. The molecule has 1 rings (SSSR count). The van der Waals surface area contributed by atoms with Gasteiger partial charge in [0.1, 0.15) is 0 Å². The van der Waals surface area contributed by atoms with Crippen LogP contribution in [-0.2, 0) is 9.53 Å². The monoisotopic (exact) mass is 221 g/mol. The molecule has 3 heteroatoms. The maximum atomic E-state index is 11.3. The molecule has 16 heavy (non-hydrogen) atoms. The molecule has 0 radical (unpaired) electrons. The summed E-state index contributed by atoms with van der Waals surface area (Å²) in [6.07, 6.45) is 0.234. The molecule has 88 valence electrons. The van der Waals surface area contributed by atoms with E-state index in [1.165, 1.54) is 5.56 Å². The lowest BCUT2D eigenvalue weighted by Gasteiger charge is -2.14. The molecule has 0 aliphatic rings. The van der Waals surface area contributed by atoms with Gasteiger partial charge in [-0.2, -0.15) is 0 Å². The van der Waals surface area contributed by atoms with Crippen LogP contribution < -0.4 is 5.73 Å². The van der Waals surface area contributed by atoms with Crippen molar-refractivity contribution in [3.63, 3.8) is 0 Å². The van der Waals surface area contributed by atoms with Crippen LogP contribution in [0.5, 0.6) is 0 Å². The molecule has 0 fully saturated rings. The topological polar surface area (TPSA) is 52.3 Å². The van der Waals surface area contributed by atoms with Crippen LogP contribution in [0.15, 0.2) is 18.2 Å². The van der Waals surface area contributed by atoms with E-state index >= 15 is 0 Å². The quantitative estimate of drug-likeness (QED) is 0.793. The molecule has 1 aromatic carbocycles. The summed E-state index contributed by atoms with van der Waals surface area (Å²) in [4.78, 5) is 11.3. The summed E-state index contributed by atoms with van der Waals surface area (Å²) in [5, 5.41) is 0. The number of hydrogen-bond donors (Lipinski definition) is 1. The Hall–Kier alpha value is -1.35. The van der Waals surface area contributed by atoms with Crippen LogP contribution in [-0.4, -0.2) is 12.6 Å². The molecule has 0 saturated carbocycles. The number of carbonyl (C=O) groups is 1. The van der Waals surface area contributed by atoms with Gasteiger partial charge in [0.25, 0.3) is 0 Å². The first kappa shape index (κ1) is 12.7. The van der Waals surface area contributed by atoms with Crippen LogP contribution in [0.25, 0.3) is 0 Å². The zero-order chi connectivity index (χ0) is 12.1. The number of carbonyl (C=O) groups excluding carboxylic acids is 1. The summed E-state index contributed by atoms with van der Waals surface area (Å²) in [5.74, 6) is -0.241. The van der Waals surface area contributed by atoms with Crippen LogP contribution in [0, 0.1) is 13.8 Å². The third kappa shape index (κ3) is 3.35. The zero-order valence-electron chi connectivity index (χ0n) is 10.1. The zero-order valence-corrected chi connectivity index (χ0v) is 10.1. The molecular formula is C13H19NO2. The van der Waals surface area contributed by atoms with E-state index in [0.717, 1.165) is 11.1 Å². The van der Waals surface area contributed by atoms with Crippen molar-refractivity contribution in [1.29, 1.82) is 0 Å². The largest absolute Gasteiger partial charge is 0.466 e. The van der Waals surface area contributed by atoms with Crippen molar-refractivity contribution in [2.24, 2.45) is 5.73 Å². The average Bonchev–Trinajstić information content (AvgIpc) is 2.17. The van der Waals surface area contributed by atoms with Crippen molar-refractivity contribution in [2.75, 3.05) is 6.61 Å². The average molecular weight is 221 g/mol. The second kappa shape index (κ2) is 5.66. The Labute approximate surface area is 96.6 Å². The number of hydrogen-bond acceptors (Lipinski definition) is 3. The van der Waals surface area contributed by atoms with E-state index in [1.54, 1.807) is 6.92 Å². The number of ether oxygens (including phenoxy) is 1. The van der Waals surface area contributed by atoms with Crippen LogP contribution in [0.2, 0.25) is 0 Å². The highest BCUT2D eigenvalue weighted by Crippen LogP contribution is 2.19. The van der Waals surface area contributed by atoms with Crippen molar-refractivity contribution in [2.45, 2.75) is 33.2 Å².